The van der Waals surface area contributed by atoms with E-state index in [9.17, 15) is 14.7 Å². The summed E-state index contributed by atoms with van der Waals surface area (Å²) in [6.07, 6.45) is 10.9. The fourth-order valence-corrected chi connectivity index (χ4v) is 5.50. The summed E-state index contributed by atoms with van der Waals surface area (Å²) in [5, 5.41) is 17.6. The van der Waals surface area contributed by atoms with Crippen LogP contribution in [0.25, 0.3) is 0 Å². The lowest BCUT2D eigenvalue weighted by Crippen LogP contribution is -2.34. The van der Waals surface area contributed by atoms with Crippen LogP contribution in [0.1, 0.15) is 126 Å². The van der Waals surface area contributed by atoms with E-state index >= 15 is 0 Å². The molecule has 1 atom stereocenters. The van der Waals surface area contributed by atoms with Gasteiger partial charge in [0.25, 0.3) is 5.91 Å². The summed E-state index contributed by atoms with van der Waals surface area (Å²) in [7, 11) is 0. The predicted molar refractivity (Wildman–Crippen MR) is 174 cm³/mol. The Morgan fingerprint density at radius 1 is 0.930 bits per heavy atom. The number of ether oxygens (including phenoxy) is 1. The lowest BCUT2D eigenvalue weighted by atomic mass is 9.63. The number of aliphatic hydroxyl groups excluding tert-OH is 1. The number of benzene rings is 2. The third-order valence-electron chi connectivity index (χ3n) is 8.37. The molecule has 0 spiro atoms. The summed E-state index contributed by atoms with van der Waals surface area (Å²) in [6.45, 7) is 14.8. The van der Waals surface area contributed by atoms with Gasteiger partial charge in [0.05, 0.1) is 5.56 Å². The van der Waals surface area contributed by atoms with Crippen LogP contribution in [-0.2, 0) is 25.2 Å². The van der Waals surface area contributed by atoms with E-state index < -0.39 is 18.2 Å². The number of hydrogen-bond donors (Lipinski definition) is 2. The SMILES string of the molecule is C=CCOC(=O)c1ccc(NC(=O)/C(=N\OC(O)CCCCCCCCC)c2ccc3c(c2)C(C)(C)CCC3(C)C)cc1. The van der Waals surface area contributed by atoms with E-state index in [0.717, 1.165) is 32.1 Å². The van der Waals surface area contributed by atoms with Crippen molar-refractivity contribution in [3.05, 3.63) is 77.4 Å². The molecule has 3 rings (SSSR count). The molecule has 0 aromatic heterocycles. The fraction of sp³-hybridized carbons (Fsp3) is 0.528. The molecule has 2 N–H and O–H groups in total. The van der Waals surface area contributed by atoms with E-state index in [0.29, 0.717) is 23.2 Å². The van der Waals surface area contributed by atoms with Crippen molar-refractivity contribution in [3.63, 3.8) is 0 Å². The molecule has 0 saturated carbocycles. The normalized spacial score (nSPS) is 16.1. The number of rotatable bonds is 16. The van der Waals surface area contributed by atoms with Crippen molar-refractivity contribution in [3.8, 4) is 0 Å². The molecule has 7 heteroatoms. The second-order valence-corrected chi connectivity index (χ2v) is 12.9. The van der Waals surface area contributed by atoms with Gasteiger partial charge in [-0.2, -0.15) is 0 Å². The number of nitrogens with zero attached hydrogens (tertiary/aromatic N) is 1. The van der Waals surface area contributed by atoms with Gasteiger partial charge in [-0.1, -0.05) is 103 Å². The molecule has 0 radical (unpaired) electrons. The van der Waals surface area contributed by atoms with Crippen LogP contribution in [0.3, 0.4) is 0 Å². The topological polar surface area (TPSA) is 97.2 Å². The second kappa shape index (κ2) is 15.9. The van der Waals surface area contributed by atoms with Crippen LogP contribution in [0.15, 0.2) is 60.3 Å². The maximum Gasteiger partial charge on any atom is 0.338 e. The number of amides is 1. The Morgan fingerprint density at radius 3 is 2.19 bits per heavy atom. The van der Waals surface area contributed by atoms with Crippen molar-refractivity contribution in [2.75, 3.05) is 11.9 Å². The molecule has 234 valence electrons. The minimum Gasteiger partial charge on any atom is -0.458 e. The highest BCUT2D eigenvalue weighted by molar-refractivity contribution is 6.48. The standard InChI is InChI=1S/C36H50N2O5/c1-7-9-10-11-12-13-14-15-31(39)43-38-32(27-18-21-29-30(25-27)36(5,6)23-22-35(29,3)4)33(40)37-28-19-16-26(17-20-28)34(41)42-24-8-2/h8,16-21,25,31,39H,2,7,9-15,22-24H2,1,3-6H3,(H,37,40)/b38-32-. The third-order valence-corrected chi connectivity index (χ3v) is 8.37. The highest BCUT2D eigenvalue weighted by Crippen LogP contribution is 2.46. The number of hydrogen-bond acceptors (Lipinski definition) is 6. The van der Waals surface area contributed by atoms with Crippen molar-refractivity contribution in [1.82, 2.24) is 0 Å². The Kier molecular flexibility index (Phi) is 12.6. The van der Waals surface area contributed by atoms with E-state index in [1.807, 2.05) is 12.1 Å². The van der Waals surface area contributed by atoms with Gasteiger partial charge in [0.1, 0.15) is 6.61 Å². The molecular weight excluding hydrogens is 540 g/mol. The first-order chi connectivity index (χ1) is 20.5. The molecule has 0 saturated heterocycles. The Bertz CT molecular complexity index is 1260. The zero-order valence-corrected chi connectivity index (χ0v) is 26.7. The first-order valence-electron chi connectivity index (χ1n) is 15.7. The lowest BCUT2D eigenvalue weighted by Gasteiger charge is -2.42. The fourth-order valence-electron chi connectivity index (χ4n) is 5.50. The van der Waals surface area contributed by atoms with Crippen molar-refractivity contribution < 1.29 is 24.3 Å². The van der Waals surface area contributed by atoms with Gasteiger partial charge in [-0.3, -0.25) is 4.79 Å². The third kappa shape index (κ3) is 9.78. The van der Waals surface area contributed by atoms with Gasteiger partial charge in [0, 0.05) is 17.7 Å². The van der Waals surface area contributed by atoms with Crippen molar-refractivity contribution in [2.45, 2.75) is 116 Å². The highest BCUT2D eigenvalue weighted by Gasteiger charge is 2.37. The maximum atomic E-state index is 13.6. The number of fused-ring (bicyclic) bond motifs is 1. The first-order valence-corrected chi connectivity index (χ1v) is 15.7. The molecule has 43 heavy (non-hydrogen) atoms. The van der Waals surface area contributed by atoms with Gasteiger partial charge in [-0.15, -0.1) is 0 Å². The van der Waals surface area contributed by atoms with Crippen LogP contribution in [-0.4, -0.2) is 35.6 Å². The number of anilines is 1. The minimum absolute atomic E-state index is 0.0285. The molecule has 1 aliphatic carbocycles. The number of unbranched alkanes of at least 4 members (excludes halogenated alkanes) is 6. The zero-order chi connectivity index (χ0) is 31.5. The summed E-state index contributed by atoms with van der Waals surface area (Å²) in [5.41, 5.74) is 3.98. The van der Waals surface area contributed by atoms with Crippen LogP contribution >= 0.6 is 0 Å². The van der Waals surface area contributed by atoms with E-state index in [1.54, 1.807) is 24.3 Å². The number of oxime groups is 1. The van der Waals surface area contributed by atoms with Gasteiger partial charge in [-0.25, -0.2) is 4.79 Å². The van der Waals surface area contributed by atoms with Crippen LogP contribution in [0.2, 0.25) is 0 Å². The van der Waals surface area contributed by atoms with E-state index in [1.165, 1.54) is 42.9 Å². The number of nitrogens with one attached hydrogen (secondary N) is 1. The monoisotopic (exact) mass is 590 g/mol. The number of carbonyl (C=O) groups is 2. The molecule has 2 aromatic rings. The highest BCUT2D eigenvalue weighted by atomic mass is 16.7. The molecule has 1 amide bonds. The largest absolute Gasteiger partial charge is 0.458 e. The van der Waals surface area contributed by atoms with Gasteiger partial charge < -0.3 is 20.0 Å². The molecule has 1 aliphatic rings. The van der Waals surface area contributed by atoms with Crippen LogP contribution in [0, 0.1) is 0 Å². The van der Waals surface area contributed by atoms with Crippen molar-refractivity contribution >= 4 is 23.3 Å². The second-order valence-electron chi connectivity index (χ2n) is 12.9. The van der Waals surface area contributed by atoms with Crippen molar-refractivity contribution in [1.29, 1.82) is 0 Å². The van der Waals surface area contributed by atoms with Crippen molar-refractivity contribution in [2.24, 2.45) is 5.16 Å². The van der Waals surface area contributed by atoms with E-state index in [2.05, 4.69) is 57.7 Å². The Hall–Kier alpha value is -3.45. The summed E-state index contributed by atoms with van der Waals surface area (Å²) in [4.78, 5) is 31.3. The van der Waals surface area contributed by atoms with E-state index in [4.69, 9.17) is 9.57 Å². The Balaban J connectivity index is 1.80. The average Bonchev–Trinajstić information content (AvgIpc) is 2.98. The number of carbonyl (C=O) groups excluding carboxylic acids is 2. The molecule has 1 unspecified atom stereocenters. The maximum absolute atomic E-state index is 13.6. The van der Waals surface area contributed by atoms with Crippen LogP contribution in [0.5, 0.6) is 0 Å². The molecule has 0 aliphatic heterocycles. The van der Waals surface area contributed by atoms with Gasteiger partial charge in [0.15, 0.2) is 5.71 Å². The molecule has 2 aromatic carbocycles. The van der Waals surface area contributed by atoms with Gasteiger partial charge >= 0.3 is 5.97 Å². The molecule has 0 fully saturated rings. The predicted octanol–water partition coefficient (Wildman–Crippen LogP) is 8.20. The smallest absolute Gasteiger partial charge is 0.338 e. The number of esters is 1. The van der Waals surface area contributed by atoms with Gasteiger partial charge in [0.2, 0.25) is 6.29 Å². The summed E-state index contributed by atoms with van der Waals surface area (Å²) < 4.78 is 5.08. The Labute approximate surface area is 257 Å². The van der Waals surface area contributed by atoms with Gasteiger partial charge in [-0.05, 0) is 71.6 Å². The molecular formula is C36H50N2O5. The summed E-state index contributed by atoms with van der Waals surface area (Å²) in [6, 6.07) is 12.5. The van der Waals surface area contributed by atoms with E-state index in [-0.39, 0.29) is 23.1 Å². The summed E-state index contributed by atoms with van der Waals surface area (Å²) in [5.74, 6) is -0.944. The van der Waals surface area contributed by atoms with Crippen LogP contribution in [0.4, 0.5) is 5.69 Å². The van der Waals surface area contributed by atoms with Crippen LogP contribution < -0.4 is 5.32 Å². The molecule has 0 heterocycles. The Morgan fingerprint density at radius 2 is 1.53 bits per heavy atom. The quantitative estimate of drug-likeness (QED) is 0.0513. The lowest BCUT2D eigenvalue weighted by molar-refractivity contribution is -0.113. The first kappa shape index (κ1) is 34.0. The molecule has 0 bridgehead atoms. The summed E-state index contributed by atoms with van der Waals surface area (Å²) >= 11 is 0. The zero-order valence-electron chi connectivity index (χ0n) is 26.7. The minimum atomic E-state index is -1.10. The molecule has 7 nitrogen and oxygen atoms in total. The average molecular weight is 591 g/mol. The number of aliphatic hydroxyl groups is 1.